The summed E-state index contributed by atoms with van der Waals surface area (Å²) in [6.45, 7) is 2.96. The summed E-state index contributed by atoms with van der Waals surface area (Å²) in [5.41, 5.74) is 1.98. The van der Waals surface area contributed by atoms with Crippen molar-refractivity contribution in [1.82, 2.24) is 10.1 Å². The highest BCUT2D eigenvalue weighted by atomic mass is 32.1. The predicted molar refractivity (Wildman–Crippen MR) is 92.8 cm³/mol. The molecule has 1 N–H and O–H groups in total. The average molecular weight is 340 g/mol. The number of rotatable bonds is 5. The molecule has 0 radical (unpaired) electrons. The lowest BCUT2D eigenvalue weighted by Crippen LogP contribution is -3.07. The SMILES string of the molecule is C[C@H](c1nc2ccccc2s1)[NH+](C)Cc1cc(-c2ccco2)on1. The van der Waals surface area contributed by atoms with Gasteiger partial charge < -0.3 is 13.8 Å². The highest BCUT2D eigenvalue weighted by Gasteiger charge is 2.21. The zero-order valence-electron chi connectivity index (χ0n) is 13.5. The normalized spacial score (nSPS) is 14.1. The van der Waals surface area contributed by atoms with Crippen molar-refractivity contribution in [3.8, 4) is 11.5 Å². The summed E-state index contributed by atoms with van der Waals surface area (Å²) in [5, 5.41) is 5.30. The van der Waals surface area contributed by atoms with E-state index in [0.717, 1.165) is 22.8 Å². The second-order valence-corrected chi connectivity index (χ2v) is 6.99. The van der Waals surface area contributed by atoms with Gasteiger partial charge in [0.2, 0.25) is 5.76 Å². The van der Waals surface area contributed by atoms with Gasteiger partial charge in [0.15, 0.2) is 10.8 Å². The van der Waals surface area contributed by atoms with Gasteiger partial charge in [-0.25, -0.2) is 4.98 Å². The Morgan fingerprint density at radius 2 is 2.04 bits per heavy atom. The molecule has 24 heavy (non-hydrogen) atoms. The zero-order valence-corrected chi connectivity index (χ0v) is 14.3. The van der Waals surface area contributed by atoms with E-state index >= 15 is 0 Å². The summed E-state index contributed by atoms with van der Waals surface area (Å²) in [4.78, 5) is 6.07. The first-order chi connectivity index (χ1) is 11.7. The molecular weight excluding hydrogens is 322 g/mol. The Kier molecular flexibility index (Phi) is 3.92. The van der Waals surface area contributed by atoms with E-state index in [9.17, 15) is 0 Å². The largest absolute Gasteiger partial charge is 0.461 e. The summed E-state index contributed by atoms with van der Waals surface area (Å²) < 4.78 is 11.9. The summed E-state index contributed by atoms with van der Waals surface area (Å²) in [5.74, 6) is 1.36. The fourth-order valence-corrected chi connectivity index (χ4v) is 3.77. The molecule has 0 bridgehead atoms. The molecule has 122 valence electrons. The summed E-state index contributed by atoms with van der Waals surface area (Å²) in [6, 6.07) is 14.2. The number of hydrogen-bond donors (Lipinski definition) is 1. The molecule has 0 amide bonds. The lowest BCUT2D eigenvalue weighted by atomic mass is 10.2. The first-order valence-corrected chi connectivity index (χ1v) is 8.69. The predicted octanol–water partition coefficient (Wildman–Crippen LogP) is 3.32. The number of para-hydroxylation sites is 1. The van der Waals surface area contributed by atoms with Crippen LogP contribution in [0.4, 0.5) is 0 Å². The van der Waals surface area contributed by atoms with Crippen molar-refractivity contribution in [2.45, 2.75) is 19.5 Å². The molecule has 3 aromatic heterocycles. The molecule has 3 heterocycles. The van der Waals surface area contributed by atoms with Crippen LogP contribution in [0.5, 0.6) is 0 Å². The minimum atomic E-state index is 0.283. The van der Waals surface area contributed by atoms with E-state index in [1.807, 2.05) is 24.3 Å². The van der Waals surface area contributed by atoms with Crippen molar-refractivity contribution < 1.29 is 13.8 Å². The fourth-order valence-electron chi connectivity index (χ4n) is 2.65. The summed E-state index contributed by atoms with van der Waals surface area (Å²) in [7, 11) is 2.15. The van der Waals surface area contributed by atoms with Crippen molar-refractivity contribution in [3.05, 3.63) is 59.4 Å². The molecule has 1 aromatic carbocycles. The van der Waals surface area contributed by atoms with E-state index in [1.54, 1.807) is 17.6 Å². The molecule has 0 saturated heterocycles. The van der Waals surface area contributed by atoms with Gasteiger partial charge in [0.1, 0.15) is 18.3 Å². The Hall–Kier alpha value is -2.44. The molecule has 0 spiro atoms. The van der Waals surface area contributed by atoms with Gasteiger partial charge in [0.05, 0.1) is 23.5 Å². The third-order valence-corrected chi connectivity index (χ3v) is 5.42. The molecule has 0 saturated carbocycles. The molecule has 5 nitrogen and oxygen atoms in total. The van der Waals surface area contributed by atoms with E-state index in [0.29, 0.717) is 11.5 Å². The topological polar surface area (TPSA) is 56.5 Å². The number of hydrogen-bond acceptors (Lipinski definition) is 5. The molecule has 0 aliphatic heterocycles. The van der Waals surface area contributed by atoms with Crippen LogP contribution in [-0.2, 0) is 6.54 Å². The Bertz CT molecular complexity index is 909. The number of fused-ring (bicyclic) bond motifs is 1. The standard InChI is InChI=1S/C18H17N3O2S/c1-12(18-19-14-6-3-4-8-17(14)24-18)21(2)11-13-10-16(23-20-13)15-7-5-9-22-15/h3-10,12H,11H2,1-2H3/p+1/t12-/m1/s1. The molecule has 0 fully saturated rings. The number of nitrogens with one attached hydrogen (secondary N) is 1. The third kappa shape index (κ3) is 2.86. The fraction of sp³-hybridized carbons (Fsp3) is 0.222. The van der Waals surface area contributed by atoms with Crippen molar-refractivity contribution in [2.24, 2.45) is 0 Å². The summed E-state index contributed by atoms with van der Waals surface area (Å²) >= 11 is 1.76. The number of furan rings is 1. The first kappa shape index (κ1) is 15.1. The maximum absolute atomic E-state index is 5.37. The van der Waals surface area contributed by atoms with Gasteiger partial charge in [0, 0.05) is 6.07 Å². The van der Waals surface area contributed by atoms with Gasteiger partial charge in [-0.3, -0.25) is 0 Å². The maximum Gasteiger partial charge on any atom is 0.202 e. The van der Waals surface area contributed by atoms with Crippen molar-refractivity contribution in [2.75, 3.05) is 7.05 Å². The second kappa shape index (κ2) is 6.22. The molecule has 1 unspecified atom stereocenters. The van der Waals surface area contributed by atoms with Crippen molar-refractivity contribution >= 4 is 21.6 Å². The zero-order chi connectivity index (χ0) is 16.5. The van der Waals surface area contributed by atoms with Crippen LogP contribution in [0.2, 0.25) is 0 Å². The smallest absolute Gasteiger partial charge is 0.202 e. The van der Waals surface area contributed by atoms with Crippen LogP contribution >= 0.6 is 11.3 Å². The van der Waals surface area contributed by atoms with Gasteiger partial charge in [-0.1, -0.05) is 17.3 Å². The monoisotopic (exact) mass is 340 g/mol. The Labute approximate surface area is 143 Å². The Morgan fingerprint density at radius 1 is 1.17 bits per heavy atom. The van der Waals surface area contributed by atoms with Crippen LogP contribution in [0.1, 0.15) is 23.7 Å². The van der Waals surface area contributed by atoms with Crippen LogP contribution in [0.25, 0.3) is 21.7 Å². The van der Waals surface area contributed by atoms with Gasteiger partial charge >= 0.3 is 0 Å². The van der Waals surface area contributed by atoms with Gasteiger partial charge in [-0.05, 0) is 31.2 Å². The Balaban J connectivity index is 1.50. The molecular formula is C18H18N3O2S+. The van der Waals surface area contributed by atoms with E-state index < -0.39 is 0 Å². The number of quaternary nitrogens is 1. The maximum atomic E-state index is 5.37. The quantitative estimate of drug-likeness (QED) is 0.605. The van der Waals surface area contributed by atoms with Crippen LogP contribution in [0.15, 0.2) is 57.7 Å². The van der Waals surface area contributed by atoms with Gasteiger partial charge in [-0.2, -0.15) is 0 Å². The minimum Gasteiger partial charge on any atom is -0.461 e. The van der Waals surface area contributed by atoms with Crippen molar-refractivity contribution in [3.63, 3.8) is 0 Å². The van der Waals surface area contributed by atoms with E-state index in [-0.39, 0.29) is 6.04 Å². The van der Waals surface area contributed by atoms with E-state index in [1.165, 1.54) is 9.60 Å². The third-order valence-electron chi connectivity index (χ3n) is 4.20. The minimum absolute atomic E-state index is 0.283. The lowest BCUT2D eigenvalue weighted by Gasteiger charge is -2.18. The lowest BCUT2D eigenvalue weighted by molar-refractivity contribution is -0.924. The summed E-state index contributed by atoms with van der Waals surface area (Å²) in [6.07, 6.45) is 1.63. The molecule has 4 aromatic rings. The van der Waals surface area contributed by atoms with Gasteiger partial charge in [-0.15, -0.1) is 11.3 Å². The number of benzene rings is 1. The van der Waals surface area contributed by atoms with Crippen LogP contribution in [-0.4, -0.2) is 17.2 Å². The van der Waals surface area contributed by atoms with Crippen molar-refractivity contribution in [1.29, 1.82) is 0 Å². The first-order valence-electron chi connectivity index (χ1n) is 7.88. The molecule has 2 atom stereocenters. The molecule has 0 aliphatic carbocycles. The van der Waals surface area contributed by atoms with E-state index in [4.69, 9.17) is 13.9 Å². The number of aromatic nitrogens is 2. The average Bonchev–Trinajstić information content (AvgIpc) is 3.32. The number of nitrogens with zero attached hydrogens (tertiary/aromatic N) is 2. The van der Waals surface area contributed by atoms with Crippen LogP contribution in [0.3, 0.4) is 0 Å². The highest BCUT2D eigenvalue weighted by Crippen LogP contribution is 2.25. The Morgan fingerprint density at radius 3 is 2.83 bits per heavy atom. The molecule has 4 rings (SSSR count). The van der Waals surface area contributed by atoms with Gasteiger partial charge in [0.25, 0.3) is 0 Å². The molecule has 0 aliphatic rings. The second-order valence-electron chi connectivity index (χ2n) is 5.92. The molecule has 6 heteroatoms. The van der Waals surface area contributed by atoms with Crippen LogP contribution < -0.4 is 4.90 Å². The highest BCUT2D eigenvalue weighted by molar-refractivity contribution is 7.18. The number of thiazole rings is 1. The van der Waals surface area contributed by atoms with Crippen LogP contribution in [0, 0.1) is 0 Å². The van der Waals surface area contributed by atoms with E-state index in [2.05, 4.69) is 37.3 Å².